The van der Waals surface area contributed by atoms with Crippen LogP contribution < -0.4 is 5.32 Å². The van der Waals surface area contributed by atoms with E-state index in [1.807, 2.05) is 19.1 Å². The molecule has 0 aliphatic heterocycles. The van der Waals surface area contributed by atoms with Crippen LogP contribution in [0.1, 0.15) is 41.6 Å². The zero-order valence-corrected chi connectivity index (χ0v) is 13.6. The van der Waals surface area contributed by atoms with Crippen molar-refractivity contribution in [2.24, 2.45) is 11.8 Å². The van der Waals surface area contributed by atoms with E-state index in [4.69, 9.17) is 0 Å². The molecular weight excluding hydrogens is 334 g/mol. The lowest BCUT2D eigenvalue weighted by molar-refractivity contribution is -0.144. The number of hydrogen-bond acceptors (Lipinski definition) is 2. The number of halogens is 1. The fourth-order valence-corrected chi connectivity index (χ4v) is 3.57. The standard InChI is InChI=1S/C16H20BrNO3/c1-10-6-7-13(14(17)8-10)15(19)18-9-11-4-2-3-5-12(11)16(20)21/h6-8,11-12H,2-5,9H2,1H3,(H,18,19)(H,20,21). The lowest BCUT2D eigenvalue weighted by Crippen LogP contribution is -2.37. The van der Waals surface area contributed by atoms with Crippen LogP contribution in [0, 0.1) is 18.8 Å². The lowest BCUT2D eigenvalue weighted by Gasteiger charge is -2.28. The Morgan fingerprint density at radius 3 is 2.71 bits per heavy atom. The summed E-state index contributed by atoms with van der Waals surface area (Å²) in [5, 5.41) is 12.1. The molecule has 0 aromatic heterocycles. The molecule has 1 amide bonds. The van der Waals surface area contributed by atoms with Crippen LogP contribution in [0.2, 0.25) is 0 Å². The van der Waals surface area contributed by atoms with E-state index in [1.54, 1.807) is 6.07 Å². The van der Waals surface area contributed by atoms with E-state index in [2.05, 4.69) is 21.2 Å². The maximum Gasteiger partial charge on any atom is 0.306 e. The molecule has 1 fully saturated rings. The van der Waals surface area contributed by atoms with Crippen molar-refractivity contribution < 1.29 is 14.7 Å². The lowest BCUT2D eigenvalue weighted by atomic mass is 9.79. The summed E-state index contributed by atoms with van der Waals surface area (Å²) in [4.78, 5) is 23.5. The quantitative estimate of drug-likeness (QED) is 0.871. The molecule has 5 heteroatoms. The van der Waals surface area contributed by atoms with E-state index in [0.29, 0.717) is 18.5 Å². The van der Waals surface area contributed by atoms with Crippen LogP contribution in [0.25, 0.3) is 0 Å². The predicted octanol–water partition coefficient (Wildman–Crippen LogP) is 3.38. The van der Waals surface area contributed by atoms with E-state index in [-0.39, 0.29) is 17.7 Å². The number of carboxylic acids is 1. The molecule has 1 aliphatic rings. The zero-order chi connectivity index (χ0) is 15.4. The first-order chi connectivity index (χ1) is 9.99. The van der Waals surface area contributed by atoms with Gasteiger partial charge in [0, 0.05) is 11.0 Å². The maximum atomic E-state index is 12.2. The normalized spacial score (nSPS) is 21.8. The van der Waals surface area contributed by atoms with Gasteiger partial charge in [-0.15, -0.1) is 0 Å². The summed E-state index contributed by atoms with van der Waals surface area (Å²) >= 11 is 3.39. The highest BCUT2D eigenvalue weighted by Crippen LogP contribution is 2.30. The SMILES string of the molecule is Cc1ccc(C(=O)NCC2CCCCC2C(=O)O)c(Br)c1. The Labute approximate surface area is 133 Å². The molecule has 0 saturated heterocycles. The molecule has 2 atom stereocenters. The van der Waals surface area contributed by atoms with Crippen LogP contribution in [-0.2, 0) is 4.79 Å². The smallest absolute Gasteiger partial charge is 0.306 e. The molecule has 0 spiro atoms. The largest absolute Gasteiger partial charge is 0.481 e. The fraction of sp³-hybridized carbons (Fsp3) is 0.500. The van der Waals surface area contributed by atoms with Crippen LogP contribution in [0.4, 0.5) is 0 Å². The summed E-state index contributed by atoms with van der Waals surface area (Å²) in [6, 6.07) is 5.57. The average molecular weight is 354 g/mol. The van der Waals surface area contributed by atoms with Gasteiger partial charge in [-0.1, -0.05) is 18.9 Å². The first-order valence-corrected chi connectivity index (χ1v) is 8.05. The van der Waals surface area contributed by atoms with E-state index in [1.165, 1.54) is 0 Å². The van der Waals surface area contributed by atoms with Gasteiger partial charge in [0.25, 0.3) is 5.91 Å². The van der Waals surface area contributed by atoms with E-state index >= 15 is 0 Å². The molecule has 1 aliphatic carbocycles. The van der Waals surface area contributed by atoms with Crippen molar-refractivity contribution in [1.82, 2.24) is 5.32 Å². The summed E-state index contributed by atoms with van der Waals surface area (Å²) < 4.78 is 0.762. The molecule has 114 valence electrons. The van der Waals surface area contributed by atoms with Crippen LogP contribution in [0.15, 0.2) is 22.7 Å². The maximum absolute atomic E-state index is 12.2. The molecule has 1 saturated carbocycles. The topological polar surface area (TPSA) is 66.4 Å². The molecule has 4 nitrogen and oxygen atoms in total. The van der Waals surface area contributed by atoms with Crippen molar-refractivity contribution >= 4 is 27.8 Å². The van der Waals surface area contributed by atoms with Crippen molar-refractivity contribution in [2.45, 2.75) is 32.6 Å². The fourth-order valence-electron chi connectivity index (χ4n) is 2.90. The number of nitrogens with one attached hydrogen (secondary N) is 1. The monoisotopic (exact) mass is 353 g/mol. The van der Waals surface area contributed by atoms with Crippen molar-refractivity contribution in [3.05, 3.63) is 33.8 Å². The molecular formula is C16H20BrNO3. The number of aryl methyl sites for hydroxylation is 1. The molecule has 0 bridgehead atoms. The Kier molecular flexibility index (Phi) is 5.39. The van der Waals surface area contributed by atoms with Crippen molar-refractivity contribution in [1.29, 1.82) is 0 Å². The average Bonchev–Trinajstić information content (AvgIpc) is 2.45. The van der Waals surface area contributed by atoms with Crippen molar-refractivity contribution in [3.63, 3.8) is 0 Å². The Balaban J connectivity index is 1.98. The minimum Gasteiger partial charge on any atom is -0.481 e. The van der Waals surface area contributed by atoms with Crippen LogP contribution in [0.3, 0.4) is 0 Å². The van der Waals surface area contributed by atoms with Gasteiger partial charge < -0.3 is 10.4 Å². The number of amides is 1. The van der Waals surface area contributed by atoms with Gasteiger partial charge in [0.2, 0.25) is 0 Å². The van der Waals surface area contributed by atoms with Gasteiger partial charge in [-0.3, -0.25) is 9.59 Å². The molecule has 1 aromatic rings. The molecule has 0 heterocycles. The highest BCUT2D eigenvalue weighted by atomic mass is 79.9. The third-order valence-corrected chi connectivity index (χ3v) is 4.78. The number of carbonyl (C=O) groups excluding carboxylic acids is 1. The highest BCUT2D eigenvalue weighted by molar-refractivity contribution is 9.10. The van der Waals surface area contributed by atoms with Crippen molar-refractivity contribution in [2.75, 3.05) is 6.54 Å². The number of carboxylic acid groups (broad SMARTS) is 1. The predicted molar refractivity (Wildman–Crippen MR) is 84.3 cm³/mol. The highest BCUT2D eigenvalue weighted by Gasteiger charge is 2.30. The summed E-state index contributed by atoms with van der Waals surface area (Å²) in [5.41, 5.74) is 1.67. The molecule has 21 heavy (non-hydrogen) atoms. The molecule has 1 aromatic carbocycles. The third-order valence-electron chi connectivity index (χ3n) is 4.12. The second-order valence-electron chi connectivity index (χ2n) is 5.68. The number of rotatable bonds is 4. The number of benzene rings is 1. The van der Waals surface area contributed by atoms with Gasteiger partial charge in [0.15, 0.2) is 0 Å². The minimum absolute atomic E-state index is 0.0319. The molecule has 2 N–H and O–H groups in total. The van der Waals surface area contributed by atoms with Crippen LogP contribution in [-0.4, -0.2) is 23.5 Å². The van der Waals surface area contributed by atoms with Gasteiger partial charge >= 0.3 is 5.97 Å². The Bertz CT molecular complexity index is 544. The molecule has 2 unspecified atom stereocenters. The molecule has 0 radical (unpaired) electrons. The van der Waals surface area contributed by atoms with Gasteiger partial charge in [-0.25, -0.2) is 0 Å². The second-order valence-corrected chi connectivity index (χ2v) is 6.54. The van der Waals surface area contributed by atoms with Gasteiger partial charge in [-0.05, 0) is 59.3 Å². The summed E-state index contributed by atoms with van der Waals surface area (Å²) in [7, 11) is 0. The van der Waals surface area contributed by atoms with Gasteiger partial charge in [0.1, 0.15) is 0 Å². The summed E-state index contributed by atoms with van der Waals surface area (Å²) in [6.45, 7) is 2.39. The van der Waals surface area contributed by atoms with Crippen LogP contribution in [0.5, 0.6) is 0 Å². The van der Waals surface area contributed by atoms with Crippen LogP contribution >= 0.6 is 15.9 Å². The Hall–Kier alpha value is -1.36. The van der Waals surface area contributed by atoms with Gasteiger partial charge in [0.05, 0.1) is 11.5 Å². The van der Waals surface area contributed by atoms with Crippen molar-refractivity contribution in [3.8, 4) is 0 Å². The van der Waals surface area contributed by atoms with E-state index in [0.717, 1.165) is 29.3 Å². The Morgan fingerprint density at radius 2 is 2.05 bits per heavy atom. The zero-order valence-electron chi connectivity index (χ0n) is 12.1. The first-order valence-electron chi connectivity index (χ1n) is 7.26. The third kappa shape index (κ3) is 4.06. The Morgan fingerprint density at radius 1 is 1.33 bits per heavy atom. The second kappa shape index (κ2) is 7.07. The van der Waals surface area contributed by atoms with Gasteiger partial charge in [-0.2, -0.15) is 0 Å². The molecule has 2 rings (SSSR count). The number of aliphatic carboxylic acids is 1. The summed E-state index contributed by atoms with van der Waals surface area (Å²) in [6.07, 6.45) is 3.58. The first kappa shape index (κ1) is 16.0. The minimum atomic E-state index is -0.745. The van der Waals surface area contributed by atoms with E-state index in [9.17, 15) is 14.7 Å². The number of hydrogen-bond donors (Lipinski definition) is 2. The number of carbonyl (C=O) groups is 2. The summed E-state index contributed by atoms with van der Waals surface area (Å²) in [5.74, 6) is -1.20. The van der Waals surface area contributed by atoms with E-state index < -0.39 is 5.97 Å².